The van der Waals surface area contributed by atoms with Gasteiger partial charge in [0.15, 0.2) is 5.75 Å². The molecule has 7 N–H and O–H groups in total. The SMILES string of the molecule is C=CCc1cccc(-c2cc(CC=C)c(O)c(NNC(=O)C(N)CCCCO)c2O)c1. The standard InChI is InChI=1S/C24H31N3O4/c1-3-8-16-10-7-11-17(14-16)19-15-18(9-4-2)22(29)21(23(19)30)26-27-24(31)20(25)12-5-6-13-28/h3-4,7,10-11,14-15,20,26,28-30H,1-2,5-6,8-9,12-13,25H2,(H,27,31). The first-order valence-electron chi connectivity index (χ1n) is 10.2. The second-order valence-corrected chi connectivity index (χ2v) is 7.28. The van der Waals surface area contributed by atoms with Crippen LogP contribution in [-0.2, 0) is 17.6 Å². The Morgan fingerprint density at radius 1 is 1.10 bits per heavy atom. The van der Waals surface area contributed by atoms with Crippen molar-refractivity contribution < 1.29 is 20.1 Å². The van der Waals surface area contributed by atoms with E-state index in [1.165, 1.54) is 0 Å². The number of rotatable bonds is 12. The summed E-state index contributed by atoms with van der Waals surface area (Å²) in [6, 6.07) is 8.56. The molecule has 7 nitrogen and oxygen atoms in total. The zero-order chi connectivity index (χ0) is 22.8. The molecule has 31 heavy (non-hydrogen) atoms. The average Bonchev–Trinajstić information content (AvgIpc) is 2.76. The van der Waals surface area contributed by atoms with Crippen molar-refractivity contribution in [1.29, 1.82) is 0 Å². The number of aliphatic hydroxyl groups excluding tert-OH is 1. The number of hydrazine groups is 1. The smallest absolute Gasteiger partial charge is 0.255 e. The first-order chi connectivity index (χ1) is 14.9. The highest BCUT2D eigenvalue weighted by Gasteiger charge is 2.20. The first-order valence-corrected chi connectivity index (χ1v) is 10.2. The Bertz CT molecular complexity index is 927. The van der Waals surface area contributed by atoms with Crippen LogP contribution in [-0.4, -0.2) is 33.9 Å². The number of unbranched alkanes of at least 4 members (excludes halogenated alkanes) is 1. The number of benzene rings is 2. The molecular weight excluding hydrogens is 394 g/mol. The van der Waals surface area contributed by atoms with Crippen molar-refractivity contribution in [2.24, 2.45) is 5.73 Å². The van der Waals surface area contributed by atoms with Crippen molar-refractivity contribution in [2.45, 2.75) is 38.1 Å². The van der Waals surface area contributed by atoms with E-state index in [4.69, 9.17) is 10.8 Å². The van der Waals surface area contributed by atoms with E-state index in [2.05, 4.69) is 24.0 Å². The number of aliphatic hydroxyl groups is 1. The van der Waals surface area contributed by atoms with Gasteiger partial charge in [0.1, 0.15) is 11.4 Å². The van der Waals surface area contributed by atoms with Crippen molar-refractivity contribution in [2.75, 3.05) is 12.0 Å². The van der Waals surface area contributed by atoms with Gasteiger partial charge in [-0.15, -0.1) is 13.2 Å². The van der Waals surface area contributed by atoms with Crippen molar-refractivity contribution in [3.8, 4) is 22.6 Å². The predicted octanol–water partition coefficient (Wildman–Crippen LogP) is 3.15. The van der Waals surface area contributed by atoms with Gasteiger partial charge in [0.05, 0.1) is 6.04 Å². The van der Waals surface area contributed by atoms with Gasteiger partial charge in [-0.3, -0.25) is 15.6 Å². The molecule has 2 aromatic rings. The van der Waals surface area contributed by atoms with Crippen molar-refractivity contribution in [3.05, 3.63) is 66.8 Å². The Morgan fingerprint density at radius 3 is 2.52 bits per heavy atom. The number of hydrogen-bond donors (Lipinski definition) is 6. The lowest BCUT2D eigenvalue weighted by Gasteiger charge is -2.19. The summed E-state index contributed by atoms with van der Waals surface area (Å²) in [6.07, 6.45) is 6.07. The van der Waals surface area contributed by atoms with Crippen LogP contribution in [0.2, 0.25) is 0 Å². The van der Waals surface area contributed by atoms with E-state index in [1.54, 1.807) is 18.2 Å². The van der Waals surface area contributed by atoms with Crippen LogP contribution in [0.5, 0.6) is 11.5 Å². The summed E-state index contributed by atoms with van der Waals surface area (Å²) in [5.41, 5.74) is 13.8. The number of allylic oxidation sites excluding steroid dienone is 2. The quantitative estimate of drug-likeness (QED) is 0.134. The lowest BCUT2D eigenvalue weighted by molar-refractivity contribution is -0.122. The molecule has 2 aromatic carbocycles. The van der Waals surface area contributed by atoms with Gasteiger partial charge in [-0.05, 0) is 49.3 Å². The minimum absolute atomic E-state index is 0.0145. The fourth-order valence-corrected chi connectivity index (χ4v) is 3.22. The number of carbonyl (C=O) groups is 1. The van der Waals surface area contributed by atoms with Crippen LogP contribution < -0.4 is 16.6 Å². The van der Waals surface area contributed by atoms with Crippen LogP contribution in [0.15, 0.2) is 55.6 Å². The summed E-state index contributed by atoms with van der Waals surface area (Å²) in [6.45, 7) is 7.51. The molecule has 1 unspecified atom stereocenters. The molecule has 0 aromatic heterocycles. The van der Waals surface area contributed by atoms with E-state index >= 15 is 0 Å². The molecule has 0 aliphatic carbocycles. The Hall–Kier alpha value is -3.29. The lowest BCUT2D eigenvalue weighted by atomic mass is 9.96. The van der Waals surface area contributed by atoms with Crippen LogP contribution in [0.25, 0.3) is 11.1 Å². The third kappa shape index (κ3) is 6.34. The summed E-state index contributed by atoms with van der Waals surface area (Å²) in [4.78, 5) is 12.3. The third-order valence-corrected chi connectivity index (χ3v) is 4.90. The zero-order valence-electron chi connectivity index (χ0n) is 17.6. The fourth-order valence-electron chi connectivity index (χ4n) is 3.22. The number of phenolic OH excluding ortho intramolecular Hbond substituents is 2. The topological polar surface area (TPSA) is 128 Å². The number of hydrogen-bond acceptors (Lipinski definition) is 6. The Balaban J connectivity index is 2.34. The van der Waals surface area contributed by atoms with Crippen molar-refractivity contribution in [1.82, 2.24) is 5.43 Å². The highest BCUT2D eigenvalue weighted by atomic mass is 16.3. The van der Waals surface area contributed by atoms with E-state index < -0.39 is 11.9 Å². The molecule has 0 aliphatic rings. The first kappa shape index (κ1) is 24.0. The fraction of sp³-hybridized carbons (Fsp3) is 0.292. The van der Waals surface area contributed by atoms with Crippen LogP contribution in [0, 0.1) is 0 Å². The van der Waals surface area contributed by atoms with E-state index in [9.17, 15) is 15.0 Å². The molecule has 0 bridgehead atoms. The maximum absolute atomic E-state index is 12.3. The van der Waals surface area contributed by atoms with E-state index in [0.717, 1.165) is 11.1 Å². The second-order valence-electron chi connectivity index (χ2n) is 7.28. The minimum atomic E-state index is -0.783. The lowest BCUT2D eigenvalue weighted by Crippen LogP contribution is -2.43. The molecule has 0 saturated heterocycles. The van der Waals surface area contributed by atoms with E-state index in [-0.39, 0.29) is 23.8 Å². The molecule has 7 heteroatoms. The normalized spacial score (nSPS) is 11.5. The molecule has 0 saturated carbocycles. The summed E-state index contributed by atoms with van der Waals surface area (Å²) >= 11 is 0. The number of carbonyl (C=O) groups excluding carboxylic acids is 1. The molecule has 166 valence electrons. The number of aromatic hydroxyl groups is 2. The van der Waals surface area contributed by atoms with Crippen molar-refractivity contribution >= 4 is 11.6 Å². The van der Waals surface area contributed by atoms with Gasteiger partial charge in [-0.25, -0.2) is 0 Å². The predicted molar refractivity (Wildman–Crippen MR) is 124 cm³/mol. The van der Waals surface area contributed by atoms with Crippen LogP contribution >= 0.6 is 0 Å². The van der Waals surface area contributed by atoms with Gasteiger partial charge in [0.25, 0.3) is 5.91 Å². The summed E-state index contributed by atoms with van der Waals surface area (Å²) in [7, 11) is 0. The number of amides is 1. The second kappa shape index (κ2) is 11.8. The third-order valence-electron chi connectivity index (χ3n) is 4.90. The molecule has 0 heterocycles. The maximum Gasteiger partial charge on any atom is 0.255 e. The van der Waals surface area contributed by atoms with Crippen LogP contribution in [0.3, 0.4) is 0 Å². The molecule has 2 rings (SSSR count). The monoisotopic (exact) mass is 425 g/mol. The Morgan fingerprint density at radius 2 is 1.84 bits per heavy atom. The number of nitrogens with one attached hydrogen (secondary N) is 2. The van der Waals surface area contributed by atoms with Crippen LogP contribution in [0.4, 0.5) is 5.69 Å². The summed E-state index contributed by atoms with van der Waals surface area (Å²) in [5, 5.41) is 30.4. The Labute approximate surface area is 182 Å². The maximum atomic E-state index is 12.3. The summed E-state index contributed by atoms with van der Waals surface area (Å²) in [5.74, 6) is -0.867. The molecule has 0 aliphatic heterocycles. The highest BCUT2D eigenvalue weighted by Crippen LogP contribution is 2.44. The largest absolute Gasteiger partial charge is 0.505 e. The number of anilines is 1. The van der Waals surface area contributed by atoms with Gasteiger partial charge in [0, 0.05) is 17.7 Å². The van der Waals surface area contributed by atoms with Gasteiger partial charge < -0.3 is 21.1 Å². The van der Waals surface area contributed by atoms with E-state index in [0.29, 0.717) is 43.2 Å². The van der Waals surface area contributed by atoms with Gasteiger partial charge in [0.2, 0.25) is 0 Å². The summed E-state index contributed by atoms with van der Waals surface area (Å²) < 4.78 is 0. The van der Waals surface area contributed by atoms with Crippen molar-refractivity contribution in [3.63, 3.8) is 0 Å². The average molecular weight is 426 g/mol. The molecule has 0 radical (unpaired) electrons. The highest BCUT2D eigenvalue weighted by molar-refractivity contribution is 5.87. The van der Waals surface area contributed by atoms with Gasteiger partial charge in [-0.1, -0.05) is 36.4 Å². The molecule has 1 amide bonds. The molecule has 1 atom stereocenters. The molecule has 0 spiro atoms. The number of phenols is 2. The molecule has 0 fully saturated rings. The molecular formula is C24H31N3O4. The van der Waals surface area contributed by atoms with E-state index in [1.807, 2.05) is 24.3 Å². The van der Waals surface area contributed by atoms with Gasteiger partial charge in [-0.2, -0.15) is 0 Å². The van der Waals surface area contributed by atoms with Crippen LogP contribution in [0.1, 0.15) is 30.4 Å². The number of nitrogens with two attached hydrogens (primary N) is 1. The van der Waals surface area contributed by atoms with Gasteiger partial charge >= 0.3 is 0 Å². The Kier molecular flexibility index (Phi) is 9.12. The minimum Gasteiger partial charge on any atom is -0.505 e. The zero-order valence-corrected chi connectivity index (χ0v) is 17.6.